The van der Waals surface area contributed by atoms with E-state index in [9.17, 15) is 18.0 Å². The smallest absolute Gasteiger partial charge is 0.355 e. The number of nitrogens with zero attached hydrogens (tertiary/aromatic N) is 2. The van der Waals surface area contributed by atoms with Crippen LogP contribution in [0.25, 0.3) is 11.4 Å². The minimum atomic E-state index is -4.65. The largest absolute Gasteiger partial charge is 0.471 e. The van der Waals surface area contributed by atoms with E-state index in [0.29, 0.717) is 18.5 Å². The molecule has 24 heavy (non-hydrogen) atoms. The molecule has 0 atom stereocenters. The second kappa shape index (κ2) is 5.92. The molecule has 0 aliphatic heterocycles. The van der Waals surface area contributed by atoms with Gasteiger partial charge in [0.25, 0.3) is 0 Å². The molecule has 0 saturated heterocycles. The lowest BCUT2D eigenvalue weighted by Gasteiger charge is -2.09. The summed E-state index contributed by atoms with van der Waals surface area (Å²) < 4.78 is 41.5. The van der Waals surface area contributed by atoms with Gasteiger partial charge in [-0.15, -0.1) is 0 Å². The Morgan fingerprint density at radius 2 is 1.96 bits per heavy atom. The van der Waals surface area contributed by atoms with Crippen LogP contribution in [-0.4, -0.2) is 22.6 Å². The molecule has 1 heterocycles. The van der Waals surface area contributed by atoms with Gasteiger partial charge in [-0.25, -0.2) is 0 Å². The predicted octanol–water partition coefficient (Wildman–Crippen LogP) is 3.21. The summed E-state index contributed by atoms with van der Waals surface area (Å²) in [6.07, 6.45) is -2.15. The summed E-state index contributed by atoms with van der Waals surface area (Å²) in [7, 11) is 0. The van der Waals surface area contributed by atoms with Gasteiger partial charge in [0.05, 0.1) is 0 Å². The van der Waals surface area contributed by atoms with Crippen LogP contribution in [0.5, 0.6) is 0 Å². The Hall–Kier alpha value is -2.38. The minimum absolute atomic E-state index is 0.0746. The Bertz CT molecular complexity index is 734. The van der Waals surface area contributed by atoms with Crippen molar-refractivity contribution in [3.8, 4) is 11.4 Å². The highest BCUT2D eigenvalue weighted by Crippen LogP contribution is 2.44. The average molecular weight is 339 g/mol. The van der Waals surface area contributed by atoms with Gasteiger partial charge in [0.1, 0.15) is 0 Å². The van der Waals surface area contributed by atoms with Crippen LogP contribution < -0.4 is 5.32 Å². The SMILES string of the molecule is CC1(C(=O)NCCc2ccc(-c3noc(C(F)(F)F)n3)cc2)CC1. The molecule has 1 fully saturated rings. The zero-order valence-electron chi connectivity index (χ0n) is 13.0. The van der Waals surface area contributed by atoms with Crippen LogP contribution in [0.3, 0.4) is 0 Å². The fraction of sp³-hybridized carbons (Fsp3) is 0.438. The Balaban J connectivity index is 1.57. The topological polar surface area (TPSA) is 68.0 Å². The number of rotatable bonds is 5. The van der Waals surface area contributed by atoms with Gasteiger partial charge in [-0.1, -0.05) is 36.3 Å². The molecule has 0 radical (unpaired) electrons. The number of carbonyl (C=O) groups is 1. The van der Waals surface area contributed by atoms with Gasteiger partial charge in [0.15, 0.2) is 0 Å². The number of hydrogen-bond acceptors (Lipinski definition) is 4. The lowest BCUT2D eigenvalue weighted by Crippen LogP contribution is -2.31. The number of aromatic nitrogens is 2. The van der Waals surface area contributed by atoms with Gasteiger partial charge in [0.2, 0.25) is 11.7 Å². The molecular weight excluding hydrogens is 323 g/mol. The average Bonchev–Trinajstić information content (AvgIpc) is 3.09. The van der Waals surface area contributed by atoms with E-state index in [1.54, 1.807) is 24.3 Å². The van der Waals surface area contributed by atoms with E-state index in [4.69, 9.17) is 0 Å². The first kappa shape index (κ1) is 16.5. The van der Waals surface area contributed by atoms with Crippen molar-refractivity contribution in [2.75, 3.05) is 6.54 Å². The van der Waals surface area contributed by atoms with Crippen LogP contribution in [0.4, 0.5) is 13.2 Å². The highest BCUT2D eigenvalue weighted by Gasteiger charge is 2.44. The van der Waals surface area contributed by atoms with E-state index in [2.05, 4.69) is 20.0 Å². The molecule has 8 heteroatoms. The molecule has 2 aromatic rings. The number of amides is 1. The molecule has 1 saturated carbocycles. The first-order valence-electron chi connectivity index (χ1n) is 7.56. The molecule has 0 unspecified atom stereocenters. The van der Waals surface area contributed by atoms with Crippen molar-refractivity contribution in [2.45, 2.75) is 32.4 Å². The predicted molar refractivity (Wildman–Crippen MR) is 78.8 cm³/mol. The third-order valence-electron chi connectivity index (χ3n) is 4.13. The molecule has 1 aromatic heterocycles. The summed E-state index contributed by atoms with van der Waals surface area (Å²) in [4.78, 5) is 15.2. The van der Waals surface area contributed by atoms with Gasteiger partial charge < -0.3 is 9.84 Å². The summed E-state index contributed by atoms with van der Waals surface area (Å²) in [6, 6.07) is 6.79. The second-order valence-corrected chi connectivity index (χ2v) is 6.18. The van der Waals surface area contributed by atoms with E-state index in [1.165, 1.54) is 0 Å². The van der Waals surface area contributed by atoms with Crippen LogP contribution in [0, 0.1) is 5.41 Å². The van der Waals surface area contributed by atoms with Gasteiger partial charge in [-0.3, -0.25) is 4.79 Å². The summed E-state index contributed by atoms with van der Waals surface area (Å²) in [5, 5.41) is 6.23. The zero-order chi connectivity index (χ0) is 17.4. The first-order valence-corrected chi connectivity index (χ1v) is 7.56. The molecule has 128 valence electrons. The number of alkyl halides is 3. The third-order valence-corrected chi connectivity index (χ3v) is 4.13. The van der Waals surface area contributed by atoms with Crippen LogP contribution in [0.2, 0.25) is 0 Å². The lowest BCUT2D eigenvalue weighted by molar-refractivity contribution is -0.159. The molecule has 0 bridgehead atoms. The Labute approximate surface area is 136 Å². The van der Waals surface area contributed by atoms with Gasteiger partial charge in [-0.05, 0) is 24.8 Å². The number of benzene rings is 1. The van der Waals surface area contributed by atoms with Gasteiger partial charge >= 0.3 is 12.1 Å². The molecular formula is C16H16F3N3O2. The number of nitrogens with one attached hydrogen (secondary N) is 1. The maximum absolute atomic E-state index is 12.4. The minimum Gasteiger partial charge on any atom is -0.355 e. The monoisotopic (exact) mass is 339 g/mol. The van der Waals surface area contributed by atoms with E-state index in [0.717, 1.165) is 18.4 Å². The highest BCUT2D eigenvalue weighted by atomic mass is 19.4. The molecule has 3 rings (SSSR count). The molecule has 0 spiro atoms. The van der Waals surface area contributed by atoms with Crippen molar-refractivity contribution in [3.05, 3.63) is 35.7 Å². The summed E-state index contributed by atoms with van der Waals surface area (Å²) in [5.74, 6) is -1.40. The van der Waals surface area contributed by atoms with Crippen molar-refractivity contribution >= 4 is 5.91 Å². The fourth-order valence-corrected chi connectivity index (χ4v) is 2.22. The van der Waals surface area contributed by atoms with E-state index in [1.807, 2.05) is 6.92 Å². The van der Waals surface area contributed by atoms with Crippen molar-refractivity contribution in [2.24, 2.45) is 5.41 Å². The van der Waals surface area contributed by atoms with Crippen LogP contribution >= 0.6 is 0 Å². The third kappa shape index (κ3) is 3.58. The van der Waals surface area contributed by atoms with Crippen LogP contribution in [-0.2, 0) is 17.4 Å². The molecule has 1 aromatic carbocycles. The van der Waals surface area contributed by atoms with E-state index >= 15 is 0 Å². The van der Waals surface area contributed by atoms with Crippen molar-refractivity contribution in [3.63, 3.8) is 0 Å². The number of halogens is 3. The second-order valence-electron chi connectivity index (χ2n) is 6.18. The highest BCUT2D eigenvalue weighted by molar-refractivity contribution is 5.84. The fourth-order valence-electron chi connectivity index (χ4n) is 2.22. The molecule has 1 N–H and O–H groups in total. The number of carbonyl (C=O) groups excluding carboxylic acids is 1. The molecule has 5 nitrogen and oxygen atoms in total. The van der Waals surface area contributed by atoms with E-state index in [-0.39, 0.29) is 17.1 Å². The van der Waals surface area contributed by atoms with Crippen molar-refractivity contribution in [1.29, 1.82) is 0 Å². The maximum Gasteiger partial charge on any atom is 0.471 e. The maximum atomic E-state index is 12.4. The van der Waals surface area contributed by atoms with Gasteiger partial charge in [-0.2, -0.15) is 18.2 Å². The summed E-state index contributed by atoms with van der Waals surface area (Å²) in [5.41, 5.74) is 1.20. The molecule has 1 amide bonds. The lowest BCUT2D eigenvalue weighted by atomic mass is 10.1. The van der Waals surface area contributed by atoms with Gasteiger partial charge in [0, 0.05) is 17.5 Å². The summed E-state index contributed by atoms with van der Waals surface area (Å²) in [6.45, 7) is 2.46. The van der Waals surface area contributed by atoms with Crippen LogP contribution in [0.15, 0.2) is 28.8 Å². The Kier molecular flexibility index (Phi) is 4.06. The Morgan fingerprint density at radius 3 is 2.50 bits per heavy atom. The molecule has 1 aliphatic carbocycles. The Morgan fingerprint density at radius 1 is 1.29 bits per heavy atom. The first-order chi connectivity index (χ1) is 11.3. The van der Waals surface area contributed by atoms with Crippen molar-refractivity contribution in [1.82, 2.24) is 15.5 Å². The van der Waals surface area contributed by atoms with E-state index < -0.39 is 12.1 Å². The normalized spacial score (nSPS) is 16.0. The van der Waals surface area contributed by atoms with Crippen molar-refractivity contribution < 1.29 is 22.5 Å². The summed E-state index contributed by atoms with van der Waals surface area (Å²) >= 11 is 0. The number of hydrogen-bond donors (Lipinski definition) is 1. The zero-order valence-corrected chi connectivity index (χ0v) is 13.0. The standard InChI is InChI=1S/C16H16F3N3O2/c1-15(7-8-15)13(23)20-9-6-10-2-4-11(5-3-10)12-21-14(24-22-12)16(17,18)19/h2-5H,6-9H2,1H3,(H,20,23). The quantitative estimate of drug-likeness (QED) is 0.908. The molecule has 1 aliphatic rings. The van der Waals surface area contributed by atoms with Crippen LogP contribution in [0.1, 0.15) is 31.2 Å².